The minimum atomic E-state index is -1.79. The third-order valence-electron chi connectivity index (χ3n) is 1.42. The Kier molecular flexibility index (Phi) is 2.36. The van der Waals surface area contributed by atoms with Gasteiger partial charge in [-0.15, -0.1) is 0 Å². The minimum Gasteiger partial charge on any atom is -0.203 e. The molecule has 1 aromatic rings. The van der Waals surface area contributed by atoms with Gasteiger partial charge < -0.3 is 0 Å². The maximum atomic E-state index is 12.8. The van der Waals surface area contributed by atoms with Crippen molar-refractivity contribution in [3.63, 3.8) is 0 Å². The molecule has 0 N–H and O–H groups in total. The van der Waals surface area contributed by atoms with E-state index in [1.54, 1.807) is 0 Å². The van der Waals surface area contributed by atoms with Crippen LogP contribution in [-0.4, -0.2) is 4.98 Å². The second kappa shape index (κ2) is 3.16. The highest BCUT2D eigenvalue weighted by atomic mass is 19.2. The van der Waals surface area contributed by atoms with Crippen LogP contribution in [0, 0.1) is 23.5 Å². The molecule has 1 nitrogen and oxygen atoms in total. The fraction of sp³-hybridized carbons (Fsp3) is 0.125. The molecule has 5 heteroatoms. The predicted octanol–water partition coefficient (Wildman–Crippen LogP) is 2.67. The number of hydrogen-bond donors (Lipinski definition) is 0. The van der Waals surface area contributed by atoms with Crippen LogP contribution < -0.4 is 0 Å². The standard InChI is InChI=1S/C8H5F4N/c1-3(2)4-5(9)6(10)8(12)13-7(4)11/h1H2,2H3. The molecule has 0 aromatic carbocycles. The lowest BCUT2D eigenvalue weighted by molar-refractivity contribution is 0.399. The van der Waals surface area contributed by atoms with Crippen LogP contribution in [0.4, 0.5) is 17.6 Å². The van der Waals surface area contributed by atoms with Crippen molar-refractivity contribution in [2.45, 2.75) is 6.92 Å². The summed E-state index contributed by atoms with van der Waals surface area (Å²) in [5, 5.41) is 0. The van der Waals surface area contributed by atoms with E-state index < -0.39 is 29.1 Å². The van der Waals surface area contributed by atoms with Crippen LogP contribution in [0.5, 0.6) is 0 Å². The summed E-state index contributed by atoms with van der Waals surface area (Å²) in [4.78, 5) is 2.55. The van der Waals surface area contributed by atoms with Gasteiger partial charge in [0.1, 0.15) is 0 Å². The Morgan fingerprint density at radius 1 is 1.08 bits per heavy atom. The van der Waals surface area contributed by atoms with Gasteiger partial charge in [-0.25, -0.2) is 4.39 Å². The molecule has 0 atom stereocenters. The molecule has 0 aliphatic heterocycles. The van der Waals surface area contributed by atoms with E-state index in [1.165, 1.54) is 6.92 Å². The van der Waals surface area contributed by atoms with Crippen LogP contribution in [0.3, 0.4) is 0 Å². The van der Waals surface area contributed by atoms with E-state index in [2.05, 4.69) is 11.6 Å². The van der Waals surface area contributed by atoms with Gasteiger partial charge in [0, 0.05) is 0 Å². The van der Waals surface area contributed by atoms with E-state index >= 15 is 0 Å². The molecular weight excluding hydrogens is 186 g/mol. The molecule has 0 amide bonds. The Morgan fingerprint density at radius 3 is 2.08 bits per heavy atom. The first-order valence-corrected chi connectivity index (χ1v) is 3.31. The molecule has 1 heterocycles. The number of pyridine rings is 1. The van der Waals surface area contributed by atoms with E-state index in [0.717, 1.165) is 0 Å². The maximum Gasteiger partial charge on any atom is 0.254 e. The third-order valence-corrected chi connectivity index (χ3v) is 1.42. The van der Waals surface area contributed by atoms with Crippen molar-refractivity contribution in [2.24, 2.45) is 0 Å². The summed E-state index contributed by atoms with van der Waals surface area (Å²) in [6.07, 6.45) is 0. The molecule has 0 saturated heterocycles. The molecule has 0 saturated carbocycles. The zero-order valence-electron chi connectivity index (χ0n) is 6.67. The predicted molar refractivity (Wildman–Crippen MR) is 38.8 cm³/mol. The molecule has 0 aliphatic rings. The molecule has 0 aliphatic carbocycles. The summed E-state index contributed by atoms with van der Waals surface area (Å²) < 4.78 is 50.3. The van der Waals surface area contributed by atoms with Crippen molar-refractivity contribution >= 4 is 5.57 Å². The third kappa shape index (κ3) is 1.54. The van der Waals surface area contributed by atoms with Crippen molar-refractivity contribution in [3.05, 3.63) is 35.7 Å². The van der Waals surface area contributed by atoms with Gasteiger partial charge in [-0.05, 0) is 12.5 Å². The number of rotatable bonds is 1. The quantitative estimate of drug-likeness (QED) is 0.491. The van der Waals surface area contributed by atoms with Gasteiger partial charge in [-0.1, -0.05) is 6.58 Å². The first-order valence-electron chi connectivity index (χ1n) is 3.31. The summed E-state index contributed by atoms with van der Waals surface area (Å²) in [5.74, 6) is -6.58. The first-order chi connectivity index (χ1) is 5.95. The number of aromatic nitrogens is 1. The SMILES string of the molecule is C=C(C)c1c(F)nc(F)c(F)c1F. The van der Waals surface area contributed by atoms with Crippen LogP contribution in [0.2, 0.25) is 0 Å². The largest absolute Gasteiger partial charge is 0.254 e. The van der Waals surface area contributed by atoms with Crippen molar-refractivity contribution in [3.8, 4) is 0 Å². The van der Waals surface area contributed by atoms with Crippen LogP contribution in [0.1, 0.15) is 12.5 Å². The zero-order chi connectivity index (χ0) is 10.2. The fourth-order valence-electron chi connectivity index (χ4n) is 0.845. The van der Waals surface area contributed by atoms with Crippen LogP contribution in [0.15, 0.2) is 6.58 Å². The first kappa shape index (κ1) is 9.70. The molecule has 0 spiro atoms. The van der Waals surface area contributed by atoms with E-state index in [1.807, 2.05) is 0 Å². The molecule has 0 radical (unpaired) electrons. The summed E-state index contributed by atoms with van der Waals surface area (Å²) in [5.41, 5.74) is -0.777. The Balaban J connectivity index is 3.53. The monoisotopic (exact) mass is 191 g/mol. The lowest BCUT2D eigenvalue weighted by Crippen LogP contribution is -2.04. The van der Waals surface area contributed by atoms with E-state index in [-0.39, 0.29) is 5.57 Å². The highest BCUT2D eigenvalue weighted by Gasteiger charge is 2.20. The van der Waals surface area contributed by atoms with Gasteiger partial charge >= 0.3 is 0 Å². The molecule has 1 rings (SSSR count). The van der Waals surface area contributed by atoms with Crippen molar-refractivity contribution in [2.75, 3.05) is 0 Å². The van der Waals surface area contributed by atoms with Gasteiger partial charge in [0.25, 0.3) is 5.95 Å². The van der Waals surface area contributed by atoms with Crippen LogP contribution >= 0.6 is 0 Å². The molecule has 0 fully saturated rings. The number of hydrogen-bond acceptors (Lipinski definition) is 1. The molecule has 70 valence electrons. The lowest BCUT2D eigenvalue weighted by atomic mass is 10.1. The van der Waals surface area contributed by atoms with Gasteiger partial charge in [-0.3, -0.25) is 0 Å². The second-order valence-electron chi connectivity index (χ2n) is 2.48. The van der Waals surface area contributed by atoms with E-state index in [0.29, 0.717) is 0 Å². The smallest absolute Gasteiger partial charge is 0.203 e. The second-order valence-corrected chi connectivity index (χ2v) is 2.48. The van der Waals surface area contributed by atoms with Gasteiger partial charge in [-0.2, -0.15) is 18.2 Å². The van der Waals surface area contributed by atoms with Gasteiger partial charge in [0.15, 0.2) is 5.82 Å². The Labute approximate surface area is 71.7 Å². The van der Waals surface area contributed by atoms with Gasteiger partial charge in [0.05, 0.1) is 5.56 Å². The van der Waals surface area contributed by atoms with E-state index in [9.17, 15) is 17.6 Å². The molecule has 0 bridgehead atoms. The Bertz CT molecular complexity index is 373. The molecule has 13 heavy (non-hydrogen) atoms. The summed E-state index contributed by atoms with van der Waals surface area (Å²) in [6.45, 7) is 4.47. The number of halogens is 4. The normalized spacial score (nSPS) is 10.2. The average molecular weight is 191 g/mol. The van der Waals surface area contributed by atoms with Gasteiger partial charge in [0.2, 0.25) is 11.8 Å². The van der Waals surface area contributed by atoms with Crippen molar-refractivity contribution in [1.29, 1.82) is 0 Å². The Morgan fingerprint density at radius 2 is 1.62 bits per heavy atom. The molecule has 0 unspecified atom stereocenters. The highest BCUT2D eigenvalue weighted by molar-refractivity contribution is 5.61. The highest BCUT2D eigenvalue weighted by Crippen LogP contribution is 2.21. The summed E-state index contributed by atoms with van der Waals surface area (Å²) in [6, 6.07) is 0. The van der Waals surface area contributed by atoms with E-state index in [4.69, 9.17) is 0 Å². The van der Waals surface area contributed by atoms with Crippen LogP contribution in [-0.2, 0) is 0 Å². The zero-order valence-corrected chi connectivity index (χ0v) is 6.67. The average Bonchev–Trinajstić information content (AvgIpc) is 1.99. The summed E-state index contributed by atoms with van der Waals surface area (Å²) >= 11 is 0. The Hall–Kier alpha value is -1.39. The van der Waals surface area contributed by atoms with Crippen LogP contribution in [0.25, 0.3) is 5.57 Å². The van der Waals surface area contributed by atoms with Crippen molar-refractivity contribution in [1.82, 2.24) is 4.98 Å². The number of allylic oxidation sites excluding steroid dienone is 1. The fourth-order valence-corrected chi connectivity index (χ4v) is 0.845. The molecular formula is C8H5F4N. The van der Waals surface area contributed by atoms with Crippen molar-refractivity contribution < 1.29 is 17.6 Å². The maximum absolute atomic E-state index is 12.8. The molecule has 1 aromatic heterocycles. The number of nitrogens with zero attached hydrogens (tertiary/aromatic N) is 1. The summed E-state index contributed by atoms with van der Waals surface area (Å²) in [7, 11) is 0. The topological polar surface area (TPSA) is 12.9 Å². The minimum absolute atomic E-state index is 0.0543. The lowest BCUT2D eigenvalue weighted by Gasteiger charge is -2.03.